The molecule has 108 valence electrons. The lowest BCUT2D eigenvalue weighted by atomic mass is 10.3. The van der Waals surface area contributed by atoms with Crippen molar-refractivity contribution in [2.75, 3.05) is 12.3 Å². The lowest BCUT2D eigenvalue weighted by Crippen LogP contribution is -2.26. The number of sulfonamides is 1. The first-order valence-electron chi connectivity index (χ1n) is 5.72. The third-order valence-corrected chi connectivity index (χ3v) is 4.90. The molecular weight excluding hydrogens is 348 g/mol. The van der Waals surface area contributed by atoms with Gasteiger partial charge >= 0.3 is 0 Å². The van der Waals surface area contributed by atoms with E-state index in [0.29, 0.717) is 28.3 Å². The van der Waals surface area contributed by atoms with E-state index in [1.165, 1.54) is 6.07 Å². The molecule has 1 aromatic heterocycles. The van der Waals surface area contributed by atoms with Gasteiger partial charge in [-0.2, -0.15) is 4.98 Å². The molecule has 0 bridgehead atoms. The zero-order chi connectivity index (χ0) is 14.8. The summed E-state index contributed by atoms with van der Waals surface area (Å²) in [5, 5.41) is 3.63. The third-order valence-electron chi connectivity index (χ3n) is 2.45. The Kier molecular flexibility index (Phi) is 4.41. The number of hydrogen-bond donors (Lipinski definition) is 2. The fraction of sp³-hybridized carbons (Fsp3) is 0.273. The number of aromatic nitrogens is 2. The largest absolute Gasteiger partial charge is 0.399 e. The lowest BCUT2D eigenvalue weighted by molar-refractivity contribution is 0.375. The molecule has 0 aliphatic rings. The highest BCUT2D eigenvalue weighted by Gasteiger charge is 2.17. The zero-order valence-electron chi connectivity index (χ0n) is 10.6. The van der Waals surface area contributed by atoms with Crippen molar-refractivity contribution in [1.82, 2.24) is 14.9 Å². The Bertz CT molecular complexity index is 714. The summed E-state index contributed by atoms with van der Waals surface area (Å²) < 4.78 is 32.1. The molecule has 0 aliphatic carbocycles. The highest BCUT2D eigenvalue weighted by molar-refractivity contribution is 9.10. The van der Waals surface area contributed by atoms with Crippen molar-refractivity contribution in [3.05, 3.63) is 34.4 Å². The van der Waals surface area contributed by atoms with Crippen molar-refractivity contribution in [2.24, 2.45) is 0 Å². The van der Waals surface area contributed by atoms with Gasteiger partial charge in [-0.1, -0.05) is 5.16 Å². The van der Waals surface area contributed by atoms with Gasteiger partial charge in [0.15, 0.2) is 5.82 Å². The molecule has 2 rings (SSSR count). The van der Waals surface area contributed by atoms with Crippen molar-refractivity contribution in [2.45, 2.75) is 18.2 Å². The molecule has 20 heavy (non-hydrogen) atoms. The summed E-state index contributed by atoms with van der Waals surface area (Å²) in [6, 6.07) is 4.60. The highest BCUT2D eigenvalue weighted by Crippen LogP contribution is 2.23. The van der Waals surface area contributed by atoms with Gasteiger partial charge in [-0.15, -0.1) is 0 Å². The molecule has 2 aromatic rings. The molecule has 0 spiro atoms. The summed E-state index contributed by atoms with van der Waals surface area (Å²) in [5.74, 6) is 0.901. The van der Waals surface area contributed by atoms with E-state index < -0.39 is 10.0 Å². The molecule has 3 N–H and O–H groups in total. The smallest absolute Gasteiger partial charge is 0.241 e. The second kappa shape index (κ2) is 5.90. The van der Waals surface area contributed by atoms with Gasteiger partial charge in [0.2, 0.25) is 15.9 Å². The Morgan fingerprint density at radius 2 is 2.20 bits per heavy atom. The topological polar surface area (TPSA) is 111 Å². The molecular formula is C11H13BrN4O3S. The van der Waals surface area contributed by atoms with Crippen LogP contribution in [0.5, 0.6) is 0 Å². The van der Waals surface area contributed by atoms with Gasteiger partial charge in [0, 0.05) is 23.1 Å². The summed E-state index contributed by atoms with van der Waals surface area (Å²) in [6.07, 6.45) is 0.319. The van der Waals surface area contributed by atoms with Crippen LogP contribution in [0.2, 0.25) is 0 Å². The summed E-state index contributed by atoms with van der Waals surface area (Å²) in [7, 11) is -3.64. The number of nitrogens with zero attached hydrogens (tertiary/aromatic N) is 2. The van der Waals surface area contributed by atoms with Gasteiger partial charge in [0.05, 0.1) is 4.90 Å². The summed E-state index contributed by atoms with van der Waals surface area (Å²) in [6.45, 7) is 1.85. The van der Waals surface area contributed by atoms with Crippen molar-refractivity contribution in [3.63, 3.8) is 0 Å². The van der Waals surface area contributed by atoms with Gasteiger partial charge in [-0.25, -0.2) is 13.1 Å². The Balaban J connectivity index is 2.06. The van der Waals surface area contributed by atoms with Crippen molar-refractivity contribution in [1.29, 1.82) is 0 Å². The molecule has 9 heteroatoms. The van der Waals surface area contributed by atoms with Gasteiger partial charge in [0.25, 0.3) is 0 Å². The number of hydrogen-bond acceptors (Lipinski definition) is 6. The van der Waals surface area contributed by atoms with Crippen LogP contribution in [-0.4, -0.2) is 25.1 Å². The van der Waals surface area contributed by atoms with Gasteiger partial charge in [0.1, 0.15) is 0 Å². The Labute approximate surface area is 124 Å². The average Bonchev–Trinajstić information content (AvgIpc) is 2.78. The van der Waals surface area contributed by atoms with Crippen LogP contribution >= 0.6 is 15.9 Å². The maximum atomic E-state index is 12.1. The SMILES string of the molecule is Cc1noc(CCNS(=O)(=O)c2cc(N)ccc2Br)n1. The third kappa shape index (κ3) is 3.56. The maximum absolute atomic E-state index is 12.1. The second-order valence-electron chi connectivity index (χ2n) is 4.07. The first kappa shape index (κ1) is 14.9. The van der Waals surface area contributed by atoms with Gasteiger partial charge in [-0.3, -0.25) is 0 Å². The highest BCUT2D eigenvalue weighted by atomic mass is 79.9. The second-order valence-corrected chi connectivity index (χ2v) is 6.66. The van der Waals surface area contributed by atoms with Crippen LogP contribution in [0.1, 0.15) is 11.7 Å². The Morgan fingerprint density at radius 3 is 2.85 bits per heavy atom. The maximum Gasteiger partial charge on any atom is 0.241 e. The molecule has 0 radical (unpaired) electrons. The summed E-state index contributed by atoms with van der Waals surface area (Å²) in [5.41, 5.74) is 5.98. The van der Waals surface area contributed by atoms with Crippen LogP contribution in [0.3, 0.4) is 0 Å². The number of benzene rings is 1. The van der Waals surface area contributed by atoms with Crippen LogP contribution in [0.15, 0.2) is 32.1 Å². The number of nitrogens with two attached hydrogens (primary N) is 1. The molecule has 7 nitrogen and oxygen atoms in total. The predicted octanol–water partition coefficient (Wildman–Crippen LogP) is 1.24. The van der Waals surface area contributed by atoms with E-state index in [0.717, 1.165) is 0 Å². The fourth-order valence-corrected chi connectivity index (χ4v) is 3.57. The average molecular weight is 361 g/mol. The van der Waals surface area contributed by atoms with Gasteiger partial charge in [-0.05, 0) is 41.1 Å². The number of anilines is 1. The van der Waals surface area contributed by atoms with E-state index in [9.17, 15) is 8.42 Å². The first-order chi connectivity index (χ1) is 9.38. The number of aryl methyl sites for hydroxylation is 1. The van der Waals surface area contributed by atoms with Crippen molar-refractivity contribution >= 4 is 31.6 Å². The number of halogens is 1. The molecule has 0 amide bonds. The molecule has 0 saturated heterocycles. The van der Waals surface area contributed by atoms with Crippen LogP contribution < -0.4 is 10.5 Å². The minimum absolute atomic E-state index is 0.0965. The van der Waals surface area contributed by atoms with Gasteiger partial charge < -0.3 is 10.3 Å². The van der Waals surface area contributed by atoms with E-state index >= 15 is 0 Å². The van der Waals surface area contributed by atoms with Crippen LogP contribution in [0.25, 0.3) is 0 Å². The minimum atomic E-state index is -3.64. The minimum Gasteiger partial charge on any atom is -0.399 e. The number of rotatable bonds is 5. The molecule has 1 heterocycles. The number of nitrogens with one attached hydrogen (secondary N) is 1. The quantitative estimate of drug-likeness (QED) is 0.776. The van der Waals surface area contributed by atoms with Crippen molar-refractivity contribution in [3.8, 4) is 0 Å². The van der Waals surface area contributed by atoms with E-state index in [-0.39, 0.29) is 11.4 Å². The molecule has 0 fully saturated rings. The Hall–Kier alpha value is -1.45. The molecule has 0 aliphatic heterocycles. The fourth-order valence-electron chi connectivity index (χ4n) is 1.54. The molecule has 1 aromatic carbocycles. The number of nitrogen functional groups attached to an aromatic ring is 1. The predicted molar refractivity (Wildman–Crippen MR) is 76.5 cm³/mol. The molecule has 0 atom stereocenters. The summed E-state index contributed by atoms with van der Waals surface area (Å²) >= 11 is 3.19. The van der Waals surface area contributed by atoms with Crippen LogP contribution in [-0.2, 0) is 16.4 Å². The van der Waals surface area contributed by atoms with Crippen molar-refractivity contribution < 1.29 is 12.9 Å². The monoisotopic (exact) mass is 360 g/mol. The van der Waals surface area contributed by atoms with Crippen LogP contribution in [0, 0.1) is 6.92 Å². The normalized spacial score (nSPS) is 11.7. The molecule has 0 unspecified atom stereocenters. The molecule has 0 saturated carbocycles. The lowest BCUT2D eigenvalue weighted by Gasteiger charge is -2.08. The first-order valence-corrected chi connectivity index (χ1v) is 8.00. The zero-order valence-corrected chi connectivity index (χ0v) is 13.0. The van der Waals surface area contributed by atoms with E-state index in [2.05, 4.69) is 30.8 Å². The van der Waals surface area contributed by atoms with E-state index in [1.54, 1.807) is 19.1 Å². The van der Waals surface area contributed by atoms with E-state index in [4.69, 9.17) is 10.3 Å². The Morgan fingerprint density at radius 1 is 1.45 bits per heavy atom. The van der Waals surface area contributed by atoms with Crippen LogP contribution in [0.4, 0.5) is 5.69 Å². The van der Waals surface area contributed by atoms with E-state index in [1.807, 2.05) is 0 Å². The summed E-state index contributed by atoms with van der Waals surface area (Å²) in [4.78, 5) is 4.09. The standard InChI is InChI=1S/C11H13BrN4O3S/c1-7-15-11(19-16-7)4-5-14-20(17,18)10-6-8(13)2-3-9(10)12/h2-3,6,14H,4-5,13H2,1H3.